The molecule has 0 aliphatic rings. The Morgan fingerprint density at radius 2 is 1.88 bits per heavy atom. The highest BCUT2D eigenvalue weighted by molar-refractivity contribution is 5.85. The van der Waals surface area contributed by atoms with E-state index in [4.69, 9.17) is 5.26 Å². The Morgan fingerprint density at radius 1 is 1.12 bits per heavy atom. The molecule has 2 aromatic rings. The van der Waals surface area contributed by atoms with Crippen LogP contribution in [0, 0.1) is 17.2 Å². The van der Waals surface area contributed by atoms with Crippen LogP contribution in [0.4, 0.5) is 0 Å². The van der Waals surface area contributed by atoms with Crippen molar-refractivity contribution >= 4 is 10.8 Å². The van der Waals surface area contributed by atoms with Gasteiger partial charge in [0.05, 0.1) is 12.0 Å². The van der Waals surface area contributed by atoms with E-state index in [0.717, 1.165) is 19.3 Å². The van der Waals surface area contributed by atoms with E-state index in [-0.39, 0.29) is 5.92 Å². The lowest BCUT2D eigenvalue weighted by atomic mass is 9.93. The molecule has 0 N–H and O–H groups in total. The molecule has 1 heteroatoms. The van der Waals surface area contributed by atoms with Crippen molar-refractivity contribution in [2.24, 2.45) is 5.92 Å². The highest BCUT2D eigenvalue weighted by atomic mass is 14.3. The monoisotopic (exact) mass is 223 g/mol. The molecule has 0 heterocycles. The van der Waals surface area contributed by atoms with Crippen LogP contribution >= 0.6 is 0 Å². The van der Waals surface area contributed by atoms with Crippen molar-refractivity contribution in [3.8, 4) is 6.07 Å². The first kappa shape index (κ1) is 11.7. The minimum atomic E-state index is 0.144. The lowest BCUT2D eigenvalue weighted by Crippen LogP contribution is -2.01. The molecule has 1 nitrogen and oxygen atoms in total. The smallest absolute Gasteiger partial charge is 0.0659 e. The molecule has 0 aliphatic carbocycles. The van der Waals surface area contributed by atoms with Gasteiger partial charge >= 0.3 is 0 Å². The summed E-state index contributed by atoms with van der Waals surface area (Å²) in [6.45, 7) is 2.13. The van der Waals surface area contributed by atoms with Gasteiger partial charge in [0.2, 0.25) is 0 Å². The molecule has 0 saturated carbocycles. The maximum atomic E-state index is 9.14. The Bertz CT molecular complexity index is 531. The number of hydrogen-bond acceptors (Lipinski definition) is 1. The number of nitrogens with zero attached hydrogens (tertiary/aromatic N) is 1. The van der Waals surface area contributed by atoms with E-state index < -0.39 is 0 Å². The largest absolute Gasteiger partial charge is 0.198 e. The number of fused-ring (bicyclic) bond motifs is 1. The molecule has 0 spiro atoms. The number of hydrogen-bond donors (Lipinski definition) is 0. The minimum absolute atomic E-state index is 0.144. The molecule has 0 radical (unpaired) electrons. The molecule has 17 heavy (non-hydrogen) atoms. The number of benzene rings is 2. The van der Waals surface area contributed by atoms with E-state index in [1.807, 2.05) is 0 Å². The third kappa shape index (κ3) is 2.65. The third-order valence-corrected chi connectivity index (χ3v) is 3.17. The van der Waals surface area contributed by atoms with Crippen LogP contribution in [-0.2, 0) is 6.42 Å². The van der Waals surface area contributed by atoms with Crippen LogP contribution in [-0.4, -0.2) is 0 Å². The van der Waals surface area contributed by atoms with Gasteiger partial charge in [-0.05, 0) is 29.2 Å². The van der Waals surface area contributed by atoms with Crippen molar-refractivity contribution in [3.63, 3.8) is 0 Å². The molecule has 0 bridgehead atoms. The predicted molar refractivity (Wildman–Crippen MR) is 71.7 cm³/mol. The first-order chi connectivity index (χ1) is 8.35. The molecule has 86 valence electrons. The first-order valence-electron chi connectivity index (χ1n) is 6.21. The summed E-state index contributed by atoms with van der Waals surface area (Å²) in [6, 6.07) is 17.2. The van der Waals surface area contributed by atoms with Crippen molar-refractivity contribution in [1.82, 2.24) is 0 Å². The van der Waals surface area contributed by atoms with Gasteiger partial charge in [-0.2, -0.15) is 5.26 Å². The summed E-state index contributed by atoms with van der Waals surface area (Å²) in [7, 11) is 0. The molecule has 0 fully saturated rings. The van der Waals surface area contributed by atoms with Crippen molar-refractivity contribution in [1.29, 1.82) is 5.26 Å². The second kappa shape index (κ2) is 5.50. The highest BCUT2D eigenvalue weighted by Crippen LogP contribution is 2.22. The maximum absolute atomic E-state index is 9.14. The normalized spacial score (nSPS) is 12.2. The van der Waals surface area contributed by atoms with Gasteiger partial charge in [0.1, 0.15) is 0 Å². The summed E-state index contributed by atoms with van der Waals surface area (Å²) in [5.74, 6) is 0.144. The van der Waals surface area contributed by atoms with Gasteiger partial charge in [-0.25, -0.2) is 0 Å². The van der Waals surface area contributed by atoms with E-state index in [2.05, 4.69) is 55.5 Å². The van der Waals surface area contributed by atoms with Crippen LogP contribution in [0.1, 0.15) is 25.3 Å². The summed E-state index contributed by atoms with van der Waals surface area (Å²) < 4.78 is 0. The van der Waals surface area contributed by atoms with Gasteiger partial charge in [-0.15, -0.1) is 0 Å². The van der Waals surface area contributed by atoms with Crippen LogP contribution in [0.15, 0.2) is 42.5 Å². The average Bonchev–Trinajstić information content (AvgIpc) is 2.38. The Kier molecular flexibility index (Phi) is 3.77. The van der Waals surface area contributed by atoms with Crippen molar-refractivity contribution < 1.29 is 0 Å². The van der Waals surface area contributed by atoms with Crippen molar-refractivity contribution in [2.75, 3.05) is 0 Å². The summed E-state index contributed by atoms with van der Waals surface area (Å²) >= 11 is 0. The number of rotatable bonds is 4. The molecule has 0 aromatic heterocycles. The fourth-order valence-electron chi connectivity index (χ4n) is 2.30. The first-order valence-corrected chi connectivity index (χ1v) is 6.21. The van der Waals surface area contributed by atoms with Crippen molar-refractivity contribution in [3.05, 3.63) is 48.0 Å². The van der Waals surface area contributed by atoms with E-state index in [1.165, 1.54) is 16.3 Å². The van der Waals surface area contributed by atoms with E-state index in [9.17, 15) is 0 Å². The quantitative estimate of drug-likeness (QED) is 0.757. The fraction of sp³-hybridized carbons (Fsp3) is 0.312. The fourth-order valence-corrected chi connectivity index (χ4v) is 2.30. The standard InChI is InChI=1S/C16H17N/c1-2-6-13(12-17)11-15-9-5-8-14-7-3-4-10-16(14)15/h3-5,7-10,13H,2,6,11H2,1H3. The maximum Gasteiger partial charge on any atom is 0.0659 e. The lowest BCUT2D eigenvalue weighted by Gasteiger charge is -2.10. The SMILES string of the molecule is CCCC(C#N)Cc1cccc2ccccc12. The Hall–Kier alpha value is -1.81. The van der Waals surface area contributed by atoms with Crippen LogP contribution in [0.25, 0.3) is 10.8 Å². The molecular formula is C16H17N. The molecule has 0 amide bonds. The third-order valence-electron chi connectivity index (χ3n) is 3.17. The van der Waals surface area contributed by atoms with Gasteiger partial charge in [0, 0.05) is 0 Å². The predicted octanol–water partition coefficient (Wildman–Crippen LogP) is 4.32. The van der Waals surface area contributed by atoms with Gasteiger partial charge in [0.25, 0.3) is 0 Å². The molecule has 1 unspecified atom stereocenters. The lowest BCUT2D eigenvalue weighted by molar-refractivity contribution is 0.591. The van der Waals surface area contributed by atoms with Crippen LogP contribution < -0.4 is 0 Å². The molecule has 2 rings (SSSR count). The number of nitriles is 1. The average molecular weight is 223 g/mol. The van der Waals surface area contributed by atoms with Crippen molar-refractivity contribution in [2.45, 2.75) is 26.2 Å². The van der Waals surface area contributed by atoms with E-state index in [0.29, 0.717) is 0 Å². The Balaban J connectivity index is 2.33. The minimum Gasteiger partial charge on any atom is -0.198 e. The van der Waals surface area contributed by atoms with Gasteiger partial charge in [0.15, 0.2) is 0 Å². The van der Waals surface area contributed by atoms with Gasteiger partial charge in [-0.1, -0.05) is 55.8 Å². The van der Waals surface area contributed by atoms with Crippen LogP contribution in [0.3, 0.4) is 0 Å². The highest BCUT2D eigenvalue weighted by Gasteiger charge is 2.09. The Labute approximate surface area is 103 Å². The summed E-state index contributed by atoms with van der Waals surface area (Å²) in [5, 5.41) is 11.7. The van der Waals surface area contributed by atoms with E-state index >= 15 is 0 Å². The zero-order valence-corrected chi connectivity index (χ0v) is 10.2. The molecule has 0 saturated heterocycles. The van der Waals surface area contributed by atoms with E-state index in [1.54, 1.807) is 0 Å². The topological polar surface area (TPSA) is 23.8 Å². The molecular weight excluding hydrogens is 206 g/mol. The van der Waals surface area contributed by atoms with Crippen LogP contribution in [0.5, 0.6) is 0 Å². The zero-order valence-electron chi connectivity index (χ0n) is 10.2. The summed E-state index contributed by atoms with van der Waals surface area (Å²) in [4.78, 5) is 0. The molecule has 0 aliphatic heterocycles. The van der Waals surface area contributed by atoms with Gasteiger partial charge < -0.3 is 0 Å². The summed E-state index contributed by atoms with van der Waals surface area (Å²) in [6.07, 6.45) is 2.93. The Morgan fingerprint density at radius 3 is 2.65 bits per heavy atom. The second-order valence-corrected chi connectivity index (χ2v) is 4.46. The molecule has 1 atom stereocenters. The van der Waals surface area contributed by atoms with Gasteiger partial charge in [-0.3, -0.25) is 0 Å². The van der Waals surface area contributed by atoms with Crippen LogP contribution in [0.2, 0.25) is 0 Å². The molecule has 2 aromatic carbocycles. The second-order valence-electron chi connectivity index (χ2n) is 4.46. The summed E-state index contributed by atoms with van der Waals surface area (Å²) in [5.41, 5.74) is 1.29. The zero-order chi connectivity index (χ0) is 12.1.